The van der Waals surface area contributed by atoms with Gasteiger partial charge in [-0.15, -0.1) is 0 Å². The van der Waals surface area contributed by atoms with E-state index in [4.69, 9.17) is 28.4 Å². The van der Waals surface area contributed by atoms with Gasteiger partial charge in [0.05, 0.1) is 26.4 Å². The van der Waals surface area contributed by atoms with Crippen LogP contribution in [0.2, 0.25) is 0 Å². The first kappa shape index (κ1) is 52.3. The summed E-state index contributed by atoms with van der Waals surface area (Å²) in [6.07, 6.45) is 16.6. The molecule has 11 unspecified atom stereocenters. The van der Waals surface area contributed by atoms with Crippen LogP contribution >= 0.6 is 0 Å². The lowest BCUT2D eigenvalue weighted by molar-refractivity contribution is -0.332. The summed E-state index contributed by atoms with van der Waals surface area (Å²) in [5.41, 5.74) is 0. The van der Waals surface area contributed by atoms with Gasteiger partial charge in [0.25, 0.3) is 0 Å². The van der Waals surface area contributed by atoms with Crippen LogP contribution in [0, 0.1) is 0 Å². The maximum atomic E-state index is 12.9. The van der Waals surface area contributed by atoms with Gasteiger partial charge in [-0.25, -0.2) is 0 Å². The number of unbranched alkanes of at least 4 members (excludes halogenated alkanes) is 13. The quantitative estimate of drug-likeness (QED) is 0.0272. The topological polar surface area (TPSA) is 214 Å². The molecule has 0 saturated carbocycles. The molecule has 14 nitrogen and oxygen atoms in total. The molecule has 2 heterocycles. The van der Waals surface area contributed by atoms with Crippen LogP contribution in [0.4, 0.5) is 0 Å². The molecule has 2 rings (SSSR count). The van der Waals surface area contributed by atoms with Gasteiger partial charge in [0.1, 0.15) is 54.9 Å². The van der Waals surface area contributed by atoms with Gasteiger partial charge in [-0.05, 0) is 44.9 Å². The Hall–Kier alpha value is -1.79. The molecule has 0 bridgehead atoms. The van der Waals surface area contributed by atoms with E-state index in [1.165, 1.54) is 44.9 Å². The third kappa shape index (κ3) is 21.6. The summed E-state index contributed by atoms with van der Waals surface area (Å²) in [4.78, 5) is 12.9. The van der Waals surface area contributed by atoms with E-state index in [1.807, 2.05) is 0 Å². The van der Waals surface area contributed by atoms with Crippen molar-refractivity contribution in [3.8, 4) is 0 Å². The highest BCUT2D eigenvalue weighted by atomic mass is 16.7. The van der Waals surface area contributed by atoms with Crippen LogP contribution in [0.1, 0.15) is 136 Å². The minimum absolute atomic E-state index is 0.0573. The number of hydrogen-bond donors (Lipinski definition) is 7. The van der Waals surface area contributed by atoms with Gasteiger partial charge in [0.2, 0.25) is 0 Å². The van der Waals surface area contributed by atoms with Crippen molar-refractivity contribution in [1.82, 2.24) is 0 Å². The van der Waals surface area contributed by atoms with Crippen LogP contribution in [0.15, 0.2) is 36.5 Å². The fraction of sp³-hybridized carbons (Fsp3) is 0.841. The normalized spacial score (nSPS) is 28.6. The van der Waals surface area contributed by atoms with Crippen molar-refractivity contribution in [2.24, 2.45) is 0 Å². The Morgan fingerprint density at radius 3 is 1.76 bits per heavy atom. The fourth-order valence-electron chi connectivity index (χ4n) is 6.77. The first-order chi connectivity index (χ1) is 28.1. The molecule has 2 aliphatic rings. The first-order valence-electron chi connectivity index (χ1n) is 22.1. The van der Waals surface area contributed by atoms with Crippen molar-refractivity contribution < 1.29 is 69.0 Å². The third-order valence-corrected chi connectivity index (χ3v) is 10.4. The van der Waals surface area contributed by atoms with E-state index in [-0.39, 0.29) is 19.6 Å². The highest BCUT2D eigenvalue weighted by molar-refractivity contribution is 5.69. The number of carbonyl (C=O) groups excluding carboxylic acids is 1. The Labute approximate surface area is 347 Å². The molecule has 0 aliphatic carbocycles. The molecule has 58 heavy (non-hydrogen) atoms. The van der Waals surface area contributed by atoms with Crippen molar-refractivity contribution >= 4 is 5.97 Å². The average Bonchev–Trinajstić information content (AvgIpc) is 3.22. The van der Waals surface area contributed by atoms with Crippen LogP contribution in [0.5, 0.6) is 0 Å². The molecular formula is C44H78O14. The number of carbonyl (C=O) groups is 1. The monoisotopic (exact) mass is 831 g/mol. The summed E-state index contributed by atoms with van der Waals surface area (Å²) in [5.74, 6) is -0.390. The molecule has 0 aromatic rings. The van der Waals surface area contributed by atoms with Gasteiger partial charge < -0.3 is 64.2 Å². The van der Waals surface area contributed by atoms with Gasteiger partial charge >= 0.3 is 5.97 Å². The van der Waals surface area contributed by atoms with E-state index in [2.05, 4.69) is 50.3 Å². The summed E-state index contributed by atoms with van der Waals surface area (Å²) < 4.78 is 34.0. The second-order valence-corrected chi connectivity index (χ2v) is 15.5. The Morgan fingerprint density at radius 2 is 1.12 bits per heavy atom. The van der Waals surface area contributed by atoms with Gasteiger partial charge in [0, 0.05) is 13.0 Å². The second-order valence-electron chi connectivity index (χ2n) is 15.5. The van der Waals surface area contributed by atoms with Crippen LogP contribution < -0.4 is 0 Å². The molecule has 0 spiro atoms. The number of aliphatic hydroxyl groups excluding tert-OH is 7. The molecule has 7 N–H and O–H groups in total. The Bertz CT molecular complexity index is 1100. The minimum atomic E-state index is -1.70. The molecular weight excluding hydrogens is 752 g/mol. The predicted molar refractivity (Wildman–Crippen MR) is 220 cm³/mol. The van der Waals surface area contributed by atoms with Crippen molar-refractivity contribution in [3.05, 3.63) is 36.5 Å². The maximum absolute atomic E-state index is 12.9. The fourth-order valence-corrected chi connectivity index (χ4v) is 6.77. The van der Waals surface area contributed by atoms with Crippen molar-refractivity contribution in [2.75, 3.05) is 33.0 Å². The number of hydrogen-bond acceptors (Lipinski definition) is 14. The van der Waals surface area contributed by atoms with Gasteiger partial charge in [-0.3, -0.25) is 4.79 Å². The zero-order valence-corrected chi connectivity index (χ0v) is 35.3. The number of allylic oxidation sites excluding steroid dienone is 6. The number of rotatable bonds is 33. The highest BCUT2D eigenvalue weighted by Crippen LogP contribution is 2.26. The van der Waals surface area contributed by atoms with Gasteiger partial charge in [0.15, 0.2) is 12.6 Å². The number of ether oxygens (including phenoxy) is 6. The van der Waals surface area contributed by atoms with Crippen LogP contribution in [-0.2, 0) is 33.2 Å². The zero-order valence-electron chi connectivity index (χ0n) is 35.3. The molecule has 2 fully saturated rings. The van der Waals surface area contributed by atoms with E-state index in [0.29, 0.717) is 13.0 Å². The predicted octanol–water partition coefficient (Wildman–Crippen LogP) is 4.68. The van der Waals surface area contributed by atoms with Crippen molar-refractivity contribution in [1.29, 1.82) is 0 Å². The minimum Gasteiger partial charge on any atom is -0.457 e. The van der Waals surface area contributed by atoms with Crippen LogP contribution in [0.25, 0.3) is 0 Å². The summed E-state index contributed by atoms with van der Waals surface area (Å²) in [6.45, 7) is 3.50. The Kier molecular flexibility index (Phi) is 29.7. The largest absolute Gasteiger partial charge is 0.457 e. The molecule has 0 radical (unpaired) electrons. The van der Waals surface area contributed by atoms with E-state index in [1.54, 1.807) is 0 Å². The zero-order chi connectivity index (χ0) is 42.4. The van der Waals surface area contributed by atoms with Crippen molar-refractivity contribution in [3.63, 3.8) is 0 Å². The van der Waals surface area contributed by atoms with Crippen LogP contribution in [-0.4, -0.2) is 142 Å². The lowest BCUT2D eigenvalue weighted by Gasteiger charge is -2.42. The van der Waals surface area contributed by atoms with Gasteiger partial charge in [-0.2, -0.15) is 0 Å². The van der Waals surface area contributed by atoms with Gasteiger partial charge in [-0.1, -0.05) is 121 Å². The van der Waals surface area contributed by atoms with E-state index < -0.39 is 86.7 Å². The standard InChI is InChI=1S/C44H78O14/c1-3-5-7-9-11-12-13-14-15-16-17-18-19-20-21-23-25-27-36(46)56-33(30-53-28-26-24-22-10-8-6-4-2)31-54-43-42(52)40(50)38(48)35(58-43)32-55-44-41(51)39(49)37(47)34(29-45)57-44/h5,7,11-12,14-15,33-35,37-45,47-52H,3-4,6,8-10,13,16-32H2,1-2H3/b7-5-,12-11-,15-14-. The summed E-state index contributed by atoms with van der Waals surface area (Å²) in [7, 11) is 0. The molecule has 2 aliphatic heterocycles. The Balaban J connectivity index is 1.79. The smallest absolute Gasteiger partial charge is 0.306 e. The molecule has 0 amide bonds. The maximum Gasteiger partial charge on any atom is 0.306 e. The third-order valence-electron chi connectivity index (χ3n) is 10.4. The number of aliphatic hydroxyl groups is 7. The molecule has 0 aromatic heterocycles. The molecule has 338 valence electrons. The first-order valence-corrected chi connectivity index (χ1v) is 22.1. The molecule has 2 saturated heterocycles. The summed E-state index contributed by atoms with van der Waals surface area (Å²) in [5, 5.41) is 71.7. The second kappa shape index (κ2) is 32.9. The number of esters is 1. The Morgan fingerprint density at radius 1 is 0.586 bits per heavy atom. The van der Waals surface area contributed by atoms with Crippen LogP contribution in [0.3, 0.4) is 0 Å². The highest BCUT2D eigenvalue weighted by Gasteiger charge is 2.47. The molecule has 14 heteroatoms. The molecule has 0 aromatic carbocycles. The SMILES string of the molecule is CC/C=C\C/C=C\C/C=C\CCCCCCCCCC(=O)OC(COCCCCCCCCC)COC1OC(COC2OC(CO)C(O)C(O)C2O)C(O)C(O)C1O. The average molecular weight is 831 g/mol. The van der Waals surface area contributed by atoms with Crippen molar-refractivity contribution in [2.45, 2.75) is 203 Å². The molecule has 11 atom stereocenters. The van der Waals surface area contributed by atoms with E-state index in [9.17, 15) is 40.5 Å². The van der Waals surface area contributed by atoms with E-state index in [0.717, 1.165) is 64.2 Å². The lowest BCUT2D eigenvalue weighted by Crippen LogP contribution is -2.61. The lowest BCUT2D eigenvalue weighted by atomic mass is 9.98. The summed E-state index contributed by atoms with van der Waals surface area (Å²) in [6, 6.07) is 0. The summed E-state index contributed by atoms with van der Waals surface area (Å²) >= 11 is 0. The van der Waals surface area contributed by atoms with E-state index >= 15 is 0 Å².